The zero-order valence-electron chi connectivity index (χ0n) is 10.5. The second-order valence-corrected chi connectivity index (χ2v) is 3.93. The summed E-state index contributed by atoms with van der Waals surface area (Å²) in [6.07, 6.45) is -1.42. The minimum absolute atomic E-state index is 0.0804. The average Bonchev–Trinajstić information content (AvgIpc) is 2.36. The van der Waals surface area contributed by atoms with Gasteiger partial charge < -0.3 is 20.1 Å². The Morgan fingerprint density at radius 2 is 2.05 bits per heavy atom. The summed E-state index contributed by atoms with van der Waals surface area (Å²) < 4.78 is 4.77. The van der Waals surface area contributed by atoms with E-state index in [9.17, 15) is 19.8 Å². The lowest BCUT2D eigenvalue weighted by Gasteiger charge is -2.12. The Hall–Kier alpha value is -2.08. The maximum absolute atomic E-state index is 11.2. The third-order valence-electron chi connectivity index (χ3n) is 2.56. The van der Waals surface area contributed by atoms with Crippen LogP contribution in [0.2, 0.25) is 0 Å². The largest absolute Gasteiger partial charge is 0.508 e. The van der Waals surface area contributed by atoms with Crippen molar-refractivity contribution in [3.05, 3.63) is 29.3 Å². The molecule has 0 saturated carbocycles. The van der Waals surface area contributed by atoms with E-state index in [-0.39, 0.29) is 30.8 Å². The van der Waals surface area contributed by atoms with Gasteiger partial charge in [0.1, 0.15) is 5.75 Å². The van der Waals surface area contributed by atoms with Gasteiger partial charge in [0, 0.05) is 6.42 Å². The predicted molar refractivity (Wildman–Crippen MR) is 65.7 cm³/mol. The number of carboxylic acid groups (broad SMARTS) is 1. The summed E-state index contributed by atoms with van der Waals surface area (Å²) in [5.74, 6) is -1.95. The van der Waals surface area contributed by atoms with Crippen LogP contribution in [0.3, 0.4) is 0 Å². The number of carbonyl (C=O) groups is 2. The quantitative estimate of drug-likeness (QED) is 0.665. The molecule has 0 bridgehead atoms. The van der Waals surface area contributed by atoms with Crippen LogP contribution in [0.4, 0.5) is 0 Å². The molecule has 6 nitrogen and oxygen atoms in total. The van der Waals surface area contributed by atoms with E-state index in [2.05, 4.69) is 0 Å². The molecule has 0 heterocycles. The number of hydrogen-bond donors (Lipinski definition) is 3. The van der Waals surface area contributed by atoms with E-state index in [1.165, 1.54) is 18.2 Å². The lowest BCUT2D eigenvalue weighted by molar-refractivity contribution is -0.147. The molecule has 0 spiro atoms. The van der Waals surface area contributed by atoms with Crippen LogP contribution in [0.25, 0.3) is 0 Å². The number of aliphatic hydroxyl groups excluding tert-OH is 1. The molecular formula is C13H16O6. The topological polar surface area (TPSA) is 104 Å². The molecule has 0 fully saturated rings. The zero-order chi connectivity index (χ0) is 14.4. The van der Waals surface area contributed by atoms with E-state index >= 15 is 0 Å². The number of rotatable bonds is 6. The van der Waals surface area contributed by atoms with Crippen molar-refractivity contribution >= 4 is 11.9 Å². The normalized spacial score (nSPS) is 11.9. The molecule has 104 valence electrons. The lowest BCUT2D eigenvalue weighted by Crippen LogP contribution is -2.13. The molecule has 0 aromatic heterocycles. The van der Waals surface area contributed by atoms with Crippen molar-refractivity contribution in [1.29, 1.82) is 0 Å². The number of aliphatic hydroxyl groups is 1. The third-order valence-corrected chi connectivity index (χ3v) is 2.56. The van der Waals surface area contributed by atoms with Crippen LogP contribution in [0.15, 0.2) is 18.2 Å². The number of aliphatic carboxylic acids is 1. The number of carbonyl (C=O) groups excluding carboxylic acids is 1. The van der Waals surface area contributed by atoms with Crippen molar-refractivity contribution in [2.75, 3.05) is 6.61 Å². The number of ether oxygens (including phenoxy) is 1. The second kappa shape index (κ2) is 6.75. The average molecular weight is 268 g/mol. The smallest absolute Gasteiger partial charge is 0.337 e. The van der Waals surface area contributed by atoms with Crippen molar-refractivity contribution in [3.63, 3.8) is 0 Å². The van der Waals surface area contributed by atoms with E-state index in [1.807, 2.05) is 0 Å². The number of esters is 1. The van der Waals surface area contributed by atoms with E-state index in [0.717, 1.165) is 0 Å². The predicted octanol–water partition coefficient (Wildman–Crippen LogP) is 1.01. The number of hydrogen-bond acceptors (Lipinski definition) is 5. The molecule has 0 amide bonds. The van der Waals surface area contributed by atoms with Gasteiger partial charge in [-0.15, -0.1) is 0 Å². The maximum atomic E-state index is 11.2. The number of aromatic hydroxyl groups is 1. The van der Waals surface area contributed by atoms with Gasteiger partial charge in [0.15, 0.2) is 6.10 Å². The summed E-state index contributed by atoms with van der Waals surface area (Å²) in [5, 5.41) is 27.7. The van der Waals surface area contributed by atoms with Crippen molar-refractivity contribution < 1.29 is 29.6 Å². The highest BCUT2D eigenvalue weighted by atomic mass is 16.5. The lowest BCUT2D eigenvalue weighted by atomic mass is 9.98. The van der Waals surface area contributed by atoms with Gasteiger partial charge in [-0.1, -0.05) is 6.07 Å². The number of phenolic OH excluding ortho intramolecular Hbond substituents is 1. The van der Waals surface area contributed by atoms with Crippen LogP contribution in [-0.4, -0.2) is 33.9 Å². The van der Waals surface area contributed by atoms with Crippen molar-refractivity contribution in [2.24, 2.45) is 0 Å². The highest BCUT2D eigenvalue weighted by molar-refractivity contribution is 5.75. The third kappa shape index (κ3) is 4.26. The van der Waals surface area contributed by atoms with Gasteiger partial charge in [0.2, 0.25) is 0 Å². The molecule has 0 aliphatic rings. The molecule has 19 heavy (non-hydrogen) atoms. The van der Waals surface area contributed by atoms with Gasteiger partial charge in [-0.05, 0) is 36.6 Å². The number of benzene rings is 1. The Kier molecular flexibility index (Phi) is 5.32. The molecule has 0 aliphatic carbocycles. The van der Waals surface area contributed by atoms with Crippen LogP contribution in [0.1, 0.15) is 30.6 Å². The molecule has 1 atom stereocenters. The Bertz CT molecular complexity index is 468. The fourth-order valence-corrected chi connectivity index (χ4v) is 1.67. The fourth-order valence-electron chi connectivity index (χ4n) is 1.67. The Balaban J connectivity index is 2.88. The number of carboxylic acids is 1. The van der Waals surface area contributed by atoms with Crippen LogP contribution < -0.4 is 0 Å². The van der Waals surface area contributed by atoms with E-state index in [0.29, 0.717) is 5.56 Å². The number of aryl methyl sites for hydroxylation is 1. The first-order valence-electron chi connectivity index (χ1n) is 5.84. The van der Waals surface area contributed by atoms with Gasteiger partial charge in [0.05, 0.1) is 6.61 Å². The van der Waals surface area contributed by atoms with Crippen molar-refractivity contribution in [2.45, 2.75) is 25.9 Å². The first kappa shape index (κ1) is 15.0. The summed E-state index contributed by atoms with van der Waals surface area (Å²) in [6, 6.07) is 4.04. The highest BCUT2D eigenvalue weighted by Gasteiger charge is 2.20. The monoisotopic (exact) mass is 268 g/mol. The number of phenols is 1. The van der Waals surface area contributed by atoms with E-state index < -0.39 is 18.0 Å². The van der Waals surface area contributed by atoms with Crippen molar-refractivity contribution in [1.82, 2.24) is 0 Å². The van der Waals surface area contributed by atoms with Crippen LogP contribution in [0, 0.1) is 0 Å². The van der Waals surface area contributed by atoms with Crippen LogP contribution in [0.5, 0.6) is 5.75 Å². The molecule has 1 unspecified atom stereocenters. The Morgan fingerprint density at radius 3 is 2.63 bits per heavy atom. The molecule has 0 saturated heterocycles. The molecule has 0 aliphatic heterocycles. The zero-order valence-corrected chi connectivity index (χ0v) is 10.5. The van der Waals surface area contributed by atoms with Gasteiger partial charge in [-0.25, -0.2) is 4.79 Å². The highest BCUT2D eigenvalue weighted by Crippen LogP contribution is 2.24. The molecule has 3 N–H and O–H groups in total. The van der Waals surface area contributed by atoms with Gasteiger partial charge in [0.25, 0.3) is 0 Å². The molecule has 1 rings (SSSR count). The second-order valence-electron chi connectivity index (χ2n) is 3.93. The minimum atomic E-state index is -1.73. The molecular weight excluding hydrogens is 252 g/mol. The first-order chi connectivity index (χ1) is 8.95. The van der Waals surface area contributed by atoms with Crippen LogP contribution >= 0.6 is 0 Å². The van der Waals surface area contributed by atoms with Gasteiger partial charge in [-0.3, -0.25) is 4.79 Å². The summed E-state index contributed by atoms with van der Waals surface area (Å²) in [6.45, 7) is 1.97. The van der Waals surface area contributed by atoms with Gasteiger partial charge >= 0.3 is 11.9 Å². The van der Waals surface area contributed by atoms with Crippen LogP contribution in [-0.2, 0) is 20.7 Å². The molecule has 1 aromatic rings. The molecule has 0 radical (unpaired) electrons. The summed E-state index contributed by atoms with van der Waals surface area (Å²) in [5.41, 5.74) is 0.567. The summed E-state index contributed by atoms with van der Waals surface area (Å²) in [4.78, 5) is 22.0. The fraction of sp³-hybridized carbons (Fsp3) is 0.385. The Morgan fingerprint density at radius 1 is 1.37 bits per heavy atom. The molecule has 6 heteroatoms. The SMILES string of the molecule is CCOC(=O)CCc1ccc(O)cc1C(O)C(=O)O. The van der Waals surface area contributed by atoms with Crippen molar-refractivity contribution in [3.8, 4) is 5.75 Å². The summed E-state index contributed by atoms with van der Waals surface area (Å²) >= 11 is 0. The first-order valence-corrected chi connectivity index (χ1v) is 5.84. The summed E-state index contributed by atoms with van der Waals surface area (Å²) in [7, 11) is 0. The maximum Gasteiger partial charge on any atom is 0.337 e. The minimum Gasteiger partial charge on any atom is -0.508 e. The van der Waals surface area contributed by atoms with E-state index in [4.69, 9.17) is 9.84 Å². The molecule has 1 aromatic carbocycles. The Labute approximate surface area is 110 Å². The standard InChI is InChI=1S/C13H16O6/c1-2-19-11(15)6-4-8-3-5-9(14)7-10(8)12(16)13(17)18/h3,5,7,12,14,16H,2,4,6H2,1H3,(H,17,18). The van der Waals surface area contributed by atoms with E-state index in [1.54, 1.807) is 6.92 Å². The van der Waals surface area contributed by atoms with Gasteiger partial charge in [-0.2, -0.15) is 0 Å².